The quantitative estimate of drug-likeness (QED) is 0.525. The lowest BCUT2D eigenvalue weighted by atomic mass is 10.0. The number of nitrogens with two attached hydrogens (primary N) is 1. The molecule has 0 aromatic carbocycles. The highest BCUT2D eigenvalue weighted by molar-refractivity contribution is 5.94. The van der Waals surface area contributed by atoms with Crippen LogP contribution >= 0.6 is 0 Å². The molecule has 2 heteroatoms. The van der Waals surface area contributed by atoms with E-state index in [0.29, 0.717) is 11.5 Å². The molecule has 13 heavy (non-hydrogen) atoms. The lowest BCUT2D eigenvalue weighted by Crippen LogP contribution is -2.13. The molecule has 0 aromatic heterocycles. The number of hydrogen-bond donors (Lipinski definition) is 1. The molecule has 0 aromatic rings. The maximum atomic E-state index is 11.0. The molecule has 0 saturated carbocycles. The Bertz CT molecular complexity index is 236. The van der Waals surface area contributed by atoms with Gasteiger partial charge in [0.25, 0.3) is 0 Å². The molecule has 0 aliphatic rings. The van der Waals surface area contributed by atoms with Crippen LogP contribution in [0.4, 0.5) is 0 Å². The van der Waals surface area contributed by atoms with Gasteiger partial charge in [-0.1, -0.05) is 38.5 Å². The second kappa shape index (κ2) is 5.57. The predicted molar refractivity (Wildman–Crippen MR) is 56.2 cm³/mol. The number of hydrogen-bond acceptors (Lipinski definition) is 1. The van der Waals surface area contributed by atoms with Crippen LogP contribution in [0.3, 0.4) is 0 Å². The average Bonchev–Trinajstić information content (AvgIpc) is 2.03. The molecular weight excluding hydrogens is 162 g/mol. The summed E-state index contributed by atoms with van der Waals surface area (Å²) in [6.45, 7) is 8.19. The van der Waals surface area contributed by atoms with E-state index < -0.39 is 0 Å². The number of allylic oxidation sites excluding steroid dienone is 2. The van der Waals surface area contributed by atoms with Crippen LogP contribution in [0, 0.1) is 5.92 Å². The second-order valence-electron chi connectivity index (χ2n) is 3.48. The Balaban J connectivity index is 4.70. The van der Waals surface area contributed by atoms with Crippen molar-refractivity contribution in [1.82, 2.24) is 0 Å². The van der Waals surface area contributed by atoms with Crippen LogP contribution in [-0.4, -0.2) is 5.91 Å². The highest BCUT2D eigenvalue weighted by Gasteiger charge is 2.02. The van der Waals surface area contributed by atoms with Crippen LogP contribution in [0.2, 0.25) is 0 Å². The Labute approximate surface area is 80.5 Å². The molecular formula is C11H19NO. The van der Waals surface area contributed by atoms with Crippen molar-refractivity contribution < 1.29 is 4.79 Å². The molecule has 0 bridgehead atoms. The Hall–Kier alpha value is -1.05. The number of primary amides is 1. The number of amides is 1. The number of carbonyl (C=O) groups is 1. The smallest absolute Gasteiger partial charge is 0.248 e. The van der Waals surface area contributed by atoms with Crippen molar-refractivity contribution in [3.63, 3.8) is 0 Å². The van der Waals surface area contributed by atoms with Crippen LogP contribution in [0.1, 0.15) is 34.1 Å². The monoisotopic (exact) mass is 181 g/mol. The van der Waals surface area contributed by atoms with Crippen LogP contribution < -0.4 is 5.73 Å². The van der Waals surface area contributed by atoms with Crippen molar-refractivity contribution in [3.05, 3.63) is 23.3 Å². The third-order valence-corrected chi connectivity index (χ3v) is 2.00. The highest BCUT2D eigenvalue weighted by Crippen LogP contribution is 2.11. The van der Waals surface area contributed by atoms with E-state index in [2.05, 4.69) is 13.8 Å². The summed E-state index contributed by atoms with van der Waals surface area (Å²) in [6, 6.07) is 0. The van der Waals surface area contributed by atoms with E-state index >= 15 is 0 Å². The summed E-state index contributed by atoms with van der Waals surface area (Å²) in [5.74, 6) is 0.112. The predicted octanol–water partition coefficient (Wildman–Crippen LogP) is 2.41. The van der Waals surface area contributed by atoms with Crippen LogP contribution in [0.15, 0.2) is 23.3 Å². The van der Waals surface area contributed by atoms with Gasteiger partial charge < -0.3 is 5.73 Å². The van der Waals surface area contributed by atoms with Crippen molar-refractivity contribution >= 4 is 5.91 Å². The number of carbonyl (C=O) groups excluding carboxylic acids is 1. The summed E-state index contributed by atoms with van der Waals surface area (Å²) in [5.41, 5.74) is 7.02. The summed E-state index contributed by atoms with van der Waals surface area (Å²) >= 11 is 0. The summed E-state index contributed by atoms with van der Waals surface area (Å²) in [6.07, 6.45) is 4.56. The van der Waals surface area contributed by atoms with Crippen LogP contribution in [0.5, 0.6) is 0 Å². The second-order valence-corrected chi connectivity index (χ2v) is 3.48. The molecule has 2 N–H and O–H groups in total. The molecule has 1 amide bonds. The van der Waals surface area contributed by atoms with E-state index in [1.165, 1.54) is 5.57 Å². The standard InChI is InChI=1S/C11H19NO/c1-5-6-10(11(12)13)7-9(4)8(2)3/h6-8H,5H2,1-4H3,(H2,12,13)/b9-7+,10-6+. The van der Waals surface area contributed by atoms with Gasteiger partial charge in [0.15, 0.2) is 0 Å². The van der Waals surface area contributed by atoms with Crippen molar-refractivity contribution in [2.75, 3.05) is 0 Å². The summed E-state index contributed by atoms with van der Waals surface area (Å²) in [5, 5.41) is 0. The Kier molecular flexibility index (Phi) is 5.12. The first-order valence-electron chi connectivity index (χ1n) is 4.67. The minimum absolute atomic E-state index is 0.346. The van der Waals surface area contributed by atoms with E-state index in [-0.39, 0.29) is 5.91 Å². The molecule has 0 rings (SSSR count). The average molecular weight is 181 g/mol. The molecule has 0 saturated heterocycles. The van der Waals surface area contributed by atoms with Gasteiger partial charge in [0.05, 0.1) is 0 Å². The van der Waals surface area contributed by atoms with Crippen molar-refractivity contribution in [2.45, 2.75) is 34.1 Å². The van der Waals surface area contributed by atoms with Gasteiger partial charge in [-0.05, 0) is 19.3 Å². The summed E-state index contributed by atoms with van der Waals surface area (Å²) in [7, 11) is 0. The zero-order chi connectivity index (χ0) is 10.4. The summed E-state index contributed by atoms with van der Waals surface area (Å²) in [4.78, 5) is 11.0. The minimum atomic E-state index is -0.346. The third kappa shape index (κ3) is 4.51. The number of rotatable bonds is 4. The van der Waals surface area contributed by atoms with E-state index in [1.54, 1.807) is 0 Å². The molecule has 0 aliphatic carbocycles. The Morgan fingerprint density at radius 2 is 2.00 bits per heavy atom. The molecule has 0 aliphatic heterocycles. The lowest BCUT2D eigenvalue weighted by molar-refractivity contribution is -0.114. The van der Waals surface area contributed by atoms with Crippen molar-refractivity contribution in [2.24, 2.45) is 11.7 Å². The van der Waals surface area contributed by atoms with E-state index in [1.807, 2.05) is 26.0 Å². The molecule has 0 fully saturated rings. The molecule has 74 valence electrons. The van der Waals surface area contributed by atoms with E-state index in [9.17, 15) is 4.79 Å². The first kappa shape index (κ1) is 11.9. The van der Waals surface area contributed by atoms with Gasteiger partial charge in [-0.3, -0.25) is 4.79 Å². The third-order valence-electron chi connectivity index (χ3n) is 2.00. The molecule has 2 nitrogen and oxygen atoms in total. The molecule has 0 atom stereocenters. The van der Waals surface area contributed by atoms with Gasteiger partial charge >= 0.3 is 0 Å². The molecule has 0 spiro atoms. The molecule has 0 unspecified atom stereocenters. The maximum Gasteiger partial charge on any atom is 0.248 e. The fourth-order valence-electron chi connectivity index (χ4n) is 0.863. The topological polar surface area (TPSA) is 43.1 Å². The summed E-state index contributed by atoms with van der Waals surface area (Å²) < 4.78 is 0. The van der Waals surface area contributed by atoms with Gasteiger partial charge in [-0.2, -0.15) is 0 Å². The fraction of sp³-hybridized carbons (Fsp3) is 0.545. The first-order chi connectivity index (χ1) is 5.99. The molecule has 0 heterocycles. The van der Waals surface area contributed by atoms with Gasteiger partial charge in [-0.15, -0.1) is 0 Å². The van der Waals surface area contributed by atoms with E-state index in [4.69, 9.17) is 5.73 Å². The lowest BCUT2D eigenvalue weighted by Gasteiger charge is -2.05. The fourth-order valence-corrected chi connectivity index (χ4v) is 0.863. The normalized spacial score (nSPS) is 13.6. The van der Waals surface area contributed by atoms with Gasteiger partial charge in [-0.25, -0.2) is 0 Å². The Morgan fingerprint density at radius 3 is 2.31 bits per heavy atom. The maximum absolute atomic E-state index is 11.0. The van der Waals surface area contributed by atoms with Crippen LogP contribution in [0.25, 0.3) is 0 Å². The zero-order valence-electron chi connectivity index (χ0n) is 8.92. The van der Waals surface area contributed by atoms with Gasteiger partial charge in [0, 0.05) is 5.57 Å². The molecule has 0 radical (unpaired) electrons. The SMILES string of the molecule is CC/C=C(\C=C(/C)C(C)C)C(N)=O. The largest absolute Gasteiger partial charge is 0.366 e. The van der Waals surface area contributed by atoms with E-state index in [0.717, 1.165) is 6.42 Å². The van der Waals surface area contributed by atoms with Gasteiger partial charge in [0.2, 0.25) is 5.91 Å². The van der Waals surface area contributed by atoms with Crippen LogP contribution in [-0.2, 0) is 4.79 Å². The van der Waals surface area contributed by atoms with Crippen molar-refractivity contribution in [1.29, 1.82) is 0 Å². The zero-order valence-corrected chi connectivity index (χ0v) is 8.92. The van der Waals surface area contributed by atoms with Crippen molar-refractivity contribution in [3.8, 4) is 0 Å². The Morgan fingerprint density at radius 1 is 1.46 bits per heavy atom. The minimum Gasteiger partial charge on any atom is -0.366 e. The highest BCUT2D eigenvalue weighted by atomic mass is 16.1. The van der Waals surface area contributed by atoms with Gasteiger partial charge in [0.1, 0.15) is 0 Å². The first-order valence-corrected chi connectivity index (χ1v) is 4.67.